The molecule has 0 spiro atoms. The van der Waals surface area contributed by atoms with Crippen LogP contribution in [0.5, 0.6) is 0 Å². The molecule has 0 saturated carbocycles. The molecule has 1 fully saturated rings. The maximum atomic E-state index is 13.3. The average Bonchev–Trinajstić information content (AvgIpc) is 2.97. The first-order valence-electron chi connectivity index (χ1n) is 8.62. The highest BCUT2D eigenvalue weighted by Crippen LogP contribution is 2.31. The predicted molar refractivity (Wildman–Crippen MR) is 100.0 cm³/mol. The molecule has 1 amide bonds. The Kier molecular flexibility index (Phi) is 4.36. The van der Waals surface area contributed by atoms with Crippen LogP contribution in [0.2, 0.25) is 0 Å². The third kappa shape index (κ3) is 3.28. The zero-order valence-corrected chi connectivity index (χ0v) is 14.5. The molecular formula is C18H19FN6O2. The van der Waals surface area contributed by atoms with Crippen LogP contribution in [-0.4, -0.2) is 35.0 Å². The minimum atomic E-state index is -0.570. The summed E-state index contributed by atoms with van der Waals surface area (Å²) in [5, 5.41) is 2.81. The number of nitrogens with zero attached hydrogens (tertiary/aromatic N) is 3. The summed E-state index contributed by atoms with van der Waals surface area (Å²) in [5.41, 5.74) is 13.7. The fourth-order valence-corrected chi connectivity index (χ4v) is 3.36. The molecule has 8 nitrogen and oxygen atoms in total. The van der Waals surface area contributed by atoms with E-state index < -0.39 is 11.7 Å². The number of pyridine rings is 2. The van der Waals surface area contributed by atoms with Gasteiger partial charge in [0, 0.05) is 31.4 Å². The number of carbonyl (C=O) groups is 1. The normalized spacial score (nSPS) is 17.3. The van der Waals surface area contributed by atoms with Gasteiger partial charge in [0.25, 0.3) is 5.91 Å². The van der Waals surface area contributed by atoms with E-state index in [0.717, 1.165) is 37.3 Å². The fraction of sp³-hybridized carbons (Fsp3) is 0.278. The molecule has 0 bridgehead atoms. The Bertz CT molecular complexity index is 1000. The molecule has 1 atom stereocenters. The van der Waals surface area contributed by atoms with Crippen molar-refractivity contribution in [3.05, 3.63) is 42.1 Å². The molecule has 9 heteroatoms. The van der Waals surface area contributed by atoms with Crippen LogP contribution in [0, 0.1) is 5.82 Å². The summed E-state index contributed by atoms with van der Waals surface area (Å²) in [4.78, 5) is 23.0. The Morgan fingerprint density at radius 3 is 3.07 bits per heavy atom. The van der Waals surface area contributed by atoms with Crippen LogP contribution in [0.3, 0.4) is 0 Å². The Hall–Kier alpha value is -3.20. The lowest BCUT2D eigenvalue weighted by atomic mass is 10.1. The van der Waals surface area contributed by atoms with Gasteiger partial charge in [0.15, 0.2) is 5.58 Å². The number of amides is 1. The number of carbonyl (C=O) groups excluding carboxylic acids is 1. The first-order valence-corrected chi connectivity index (χ1v) is 8.62. The molecule has 0 radical (unpaired) electrons. The van der Waals surface area contributed by atoms with Crippen molar-refractivity contribution >= 4 is 34.3 Å². The number of hydrogen-bond acceptors (Lipinski definition) is 7. The van der Waals surface area contributed by atoms with Gasteiger partial charge in [-0.15, -0.1) is 0 Å². The van der Waals surface area contributed by atoms with Crippen LogP contribution in [0.4, 0.5) is 21.6 Å². The highest BCUT2D eigenvalue weighted by atomic mass is 19.1. The van der Waals surface area contributed by atoms with Gasteiger partial charge < -0.3 is 26.1 Å². The maximum absolute atomic E-state index is 13.3. The van der Waals surface area contributed by atoms with E-state index in [1.54, 1.807) is 12.4 Å². The molecule has 0 aliphatic carbocycles. The third-order valence-corrected chi connectivity index (χ3v) is 4.59. The van der Waals surface area contributed by atoms with Crippen molar-refractivity contribution in [2.24, 2.45) is 5.73 Å². The quantitative estimate of drug-likeness (QED) is 0.645. The summed E-state index contributed by atoms with van der Waals surface area (Å²) >= 11 is 0. The van der Waals surface area contributed by atoms with E-state index in [1.165, 1.54) is 0 Å². The van der Waals surface area contributed by atoms with Gasteiger partial charge in [-0.1, -0.05) is 0 Å². The summed E-state index contributed by atoms with van der Waals surface area (Å²) in [5.74, 6) is -1.19. The highest BCUT2D eigenvalue weighted by Gasteiger charge is 2.24. The molecule has 4 rings (SSSR count). The van der Waals surface area contributed by atoms with Crippen LogP contribution in [-0.2, 0) is 0 Å². The number of nitrogens with one attached hydrogen (secondary N) is 1. The number of fused-ring (bicyclic) bond motifs is 1. The Morgan fingerprint density at radius 2 is 2.26 bits per heavy atom. The lowest BCUT2D eigenvalue weighted by Crippen LogP contribution is -2.43. The van der Waals surface area contributed by atoms with E-state index >= 15 is 0 Å². The molecule has 3 aromatic rings. The molecule has 1 saturated heterocycles. The van der Waals surface area contributed by atoms with Crippen LogP contribution in [0.15, 0.2) is 35.1 Å². The minimum Gasteiger partial charge on any atom is -0.438 e. The van der Waals surface area contributed by atoms with Gasteiger partial charge in [-0.25, -0.2) is 9.37 Å². The lowest BCUT2D eigenvalue weighted by molar-refractivity contribution is 0.102. The molecule has 0 unspecified atom stereocenters. The Labute approximate surface area is 154 Å². The first kappa shape index (κ1) is 17.2. The molecule has 0 aromatic carbocycles. The van der Waals surface area contributed by atoms with Crippen molar-refractivity contribution in [3.8, 4) is 0 Å². The van der Waals surface area contributed by atoms with E-state index in [1.807, 2.05) is 6.07 Å². The molecule has 5 N–H and O–H groups in total. The SMILES string of the molecule is Nc1oc2cc(F)cnc2c1C(=O)Nc1cnccc1N1CCC[C@@H](N)C1. The van der Waals surface area contributed by atoms with Gasteiger partial charge in [-0.05, 0) is 18.9 Å². The molecule has 3 aromatic heterocycles. The van der Waals surface area contributed by atoms with Crippen LogP contribution in [0.25, 0.3) is 11.1 Å². The number of furan rings is 1. The molecular weight excluding hydrogens is 351 g/mol. The van der Waals surface area contributed by atoms with E-state index in [4.69, 9.17) is 15.9 Å². The smallest absolute Gasteiger partial charge is 0.263 e. The number of halogens is 1. The Balaban J connectivity index is 1.65. The molecule has 1 aliphatic heterocycles. The number of nitrogens with two attached hydrogens (primary N) is 2. The number of nitrogen functional groups attached to an aromatic ring is 1. The second-order valence-electron chi connectivity index (χ2n) is 6.54. The zero-order valence-electron chi connectivity index (χ0n) is 14.5. The monoisotopic (exact) mass is 370 g/mol. The second kappa shape index (κ2) is 6.84. The highest BCUT2D eigenvalue weighted by molar-refractivity contribution is 6.15. The molecule has 27 heavy (non-hydrogen) atoms. The van der Waals surface area contributed by atoms with Gasteiger partial charge in [0.1, 0.15) is 16.9 Å². The summed E-state index contributed by atoms with van der Waals surface area (Å²) in [6.45, 7) is 1.54. The van der Waals surface area contributed by atoms with Crippen LogP contribution < -0.4 is 21.7 Å². The standard InChI is InChI=1S/C18H19FN6O2/c19-10-6-14-16(23-7-10)15(17(21)27-14)18(26)24-12-8-22-4-3-13(12)25-5-1-2-11(20)9-25/h3-4,6-8,11H,1-2,5,9,20-21H2,(H,24,26)/t11-/m1/s1. The number of hydrogen-bond donors (Lipinski definition) is 3. The van der Waals surface area contributed by atoms with Crippen molar-refractivity contribution in [2.75, 3.05) is 29.0 Å². The van der Waals surface area contributed by atoms with Gasteiger partial charge in [-0.3, -0.25) is 9.78 Å². The van der Waals surface area contributed by atoms with Crippen molar-refractivity contribution < 1.29 is 13.6 Å². The van der Waals surface area contributed by atoms with E-state index in [9.17, 15) is 9.18 Å². The van der Waals surface area contributed by atoms with E-state index in [-0.39, 0.29) is 28.6 Å². The fourth-order valence-electron chi connectivity index (χ4n) is 3.36. The lowest BCUT2D eigenvalue weighted by Gasteiger charge is -2.33. The number of piperidine rings is 1. The molecule has 4 heterocycles. The van der Waals surface area contributed by atoms with Gasteiger partial charge >= 0.3 is 0 Å². The van der Waals surface area contributed by atoms with Gasteiger partial charge in [-0.2, -0.15) is 0 Å². The summed E-state index contributed by atoms with van der Waals surface area (Å²) in [7, 11) is 0. The third-order valence-electron chi connectivity index (χ3n) is 4.59. The van der Waals surface area contributed by atoms with Crippen LogP contribution in [0.1, 0.15) is 23.2 Å². The molecule has 140 valence electrons. The average molecular weight is 370 g/mol. The van der Waals surface area contributed by atoms with Gasteiger partial charge in [0.2, 0.25) is 5.88 Å². The number of rotatable bonds is 3. The summed E-state index contributed by atoms with van der Waals surface area (Å²) in [6.07, 6.45) is 6.20. The Morgan fingerprint density at radius 1 is 1.41 bits per heavy atom. The van der Waals surface area contributed by atoms with Crippen LogP contribution >= 0.6 is 0 Å². The van der Waals surface area contributed by atoms with Gasteiger partial charge in [0.05, 0.1) is 23.8 Å². The van der Waals surface area contributed by atoms with E-state index in [0.29, 0.717) is 12.2 Å². The molecule has 1 aliphatic rings. The van der Waals surface area contributed by atoms with E-state index in [2.05, 4.69) is 20.2 Å². The predicted octanol–water partition coefficient (Wildman–Crippen LogP) is 2.12. The topological polar surface area (TPSA) is 123 Å². The first-order chi connectivity index (χ1) is 13.0. The number of aromatic nitrogens is 2. The summed E-state index contributed by atoms with van der Waals surface area (Å²) < 4.78 is 18.6. The van der Waals surface area contributed by atoms with Crippen molar-refractivity contribution in [1.82, 2.24) is 9.97 Å². The second-order valence-corrected chi connectivity index (χ2v) is 6.54. The zero-order chi connectivity index (χ0) is 19.0. The van der Waals surface area contributed by atoms with Crippen molar-refractivity contribution in [3.63, 3.8) is 0 Å². The minimum absolute atomic E-state index is 0.0650. The number of anilines is 3. The van der Waals surface area contributed by atoms with Crippen molar-refractivity contribution in [2.45, 2.75) is 18.9 Å². The largest absolute Gasteiger partial charge is 0.438 e. The maximum Gasteiger partial charge on any atom is 0.263 e. The van der Waals surface area contributed by atoms with Crippen molar-refractivity contribution in [1.29, 1.82) is 0 Å². The summed E-state index contributed by atoms with van der Waals surface area (Å²) in [6, 6.07) is 3.06.